The highest BCUT2D eigenvalue weighted by Crippen LogP contribution is 2.28. The van der Waals surface area contributed by atoms with Crippen LogP contribution in [0.5, 0.6) is 5.75 Å². The molecule has 0 unspecified atom stereocenters. The van der Waals surface area contributed by atoms with Gasteiger partial charge in [0.1, 0.15) is 5.75 Å². The summed E-state index contributed by atoms with van der Waals surface area (Å²) in [4.78, 5) is 12.5. The molecule has 0 saturated heterocycles. The molecule has 1 aliphatic carbocycles. The van der Waals surface area contributed by atoms with E-state index in [1.165, 1.54) is 12.1 Å². The Hall–Kier alpha value is -2.38. The van der Waals surface area contributed by atoms with Crippen LogP contribution < -0.4 is 14.8 Å². The first-order valence-corrected chi connectivity index (χ1v) is 9.51. The van der Waals surface area contributed by atoms with Crippen molar-refractivity contribution in [1.82, 2.24) is 4.72 Å². The summed E-state index contributed by atoms with van der Waals surface area (Å²) in [5.41, 5.74) is 0.849. The minimum Gasteiger partial charge on any atom is -0.497 e. The monoisotopic (exact) mass is 360 g/mol. The maximum absolute atomic E-state index is 12.4. The SMILES string of the molecule is COc1cccc(NC(=O)c2cccc(S(=O)(=O)NCC3CC3)c2)c1. The van der Waals surface area contributed by atoms with Crippen molar-refractivity contribution in [3.8, 4) is 5.75 Å². The lowest BCUT2D eigenvalue weighted by Gasteiger charge is -2.09. The van der Waals surface area contributed by atoms with E-state index in [0.29, 0.717) is 23.9 Å². The van der Waals surface area contributed by atoms with Crippen molar-refractivity contribution in [3.05, 3.63) is 54.1 Å². The number of benzene rings is 2. The van der Waals surface area contributed by atoms with Crippen molar-refractivity contribution < 1.29 is 17.9 Å². The average molecular weight is 360 g/mol. The zero-order chi connectivity index (χ0) is 17.9. The summed E-state index contributed by atoms with van der Waals surface area (Å²) in [7, 11) is -2.06. The topological polar surface area (TPSA) is 84.5 Å². The average Bonchev–Trinajstić information content (AvgIpc) is 3.45. The molecule has 25 heavy (non-hydrogen) atoms. The molecule has 0 atom stereocenters. The van der Waals surface area contributed by atoms with E-state index in [9.17, 15) is 13.2 Å². The fourth-order valence-corrected chi connectivity index (χ4v) is 3.50. The van der Waals surface area contributed by atoms with Crippen molar-refractivity contribution in [3.63, 3.8) is 0 Å². The second-order valence-corrected chi connectivity index (χ2v) is 7.78. The summed E-state index contributed by atoms with van der Waals surface area (Å²) < 4.78 is 32.4. The van der Waals surface area contributed by atoms with Gasteiger partial charge in [0.05, 0.1) is 12.0 Å². The fraction of sp³-hybridized carbons (Fsp3) is 0.278. The highest BCUT2D eigenvalue weighted by Gasteiger charge is 2.24. The van der Waals surface area contributed by atoms with Gasteiger partial charge in [-0.1, -0.05) is 12.1 Å². The first kappa shape index (κ1) is 17.4. The predicted molar refractivity (Wildman–Crippen MR) is 95.3 cm³/mol. The third-order valence-corrected chi connectivity index (χ3v) is 5.41. The van der Waals surface area contributed by atoms with E-state index < -0.39 is 10.0 Å². The molecule has 0 spiro atoms. The van der Waals surface area contributed by atoms with E-state index in [-0.39, 0.29) is 16.4 Å². The van der Waals surface area contributed by atoms with E-state index in [4.69, 9.17) is 4.74 Å². The van der Waals surface area contributed by atoms with E-state index in [1.54, 1.807) is 43.5 Å². The molecule has 1 saturated carbocycles. The summed E-state index contributed by atoms with van der Waals surface area (Å²) >= 11 is 0. The van der Waals surface area contributed by atoms with Crippen LogP contribution in [0.4, 0.5) is 5.69 Å². The number of anilines is 1. The van der Waals surface area contributed by atoms with Gasteiger partial charge in [0.2, 0.25) is 10.0 Å². The molecule has 0 heterocycles. The van der Waals surface area contributed by atoms with Gasteiger partial charge in [0.15, 0.2) is 0 Å². The lowest BCUT2D eigenvalue weighted by atomic mass is 10.2. The van der Waals surface area contributed by atoms with Crippen molar-refractivity contribution in [2.24, 2.45) is 5.92 Å². The molecule has 6 nitrogen and oxygen atoms in total. The standard InChI is InChI=1S/C18H20N2O4S/c1-24-16-6-3-5-15(11-16)20-18(21)14-4-2-7-17(10-14)25(22,23)19-12-13-8-9-13/h2-7,10-11,13,19H,8-9,12H2,1H3,(H,20,21). The summed E-state index contributed by atoms with van der Waals surface area (Å²) in [6.45, 7) is 0.447. The summed E-state index contributed by atoms with van der Waals surface area (Å²) in [6.07, 6.45) is 2.12. The highest BCUT2D eigenvalue weighted by molar-refractivity contribution is 7.89. The predicted octanol–water partition coefficient (Wildman–Crippen LogP) is 2.64. The molecule has 1 fully saturated rings. The Kier molecular flexibility index (Phi) is 5.06. The number of methoxy groups -OCH3 is 1. The molecule has 0 radical (unpaired) electrons. The number of nitrogens with one attached hydrogen (secondary N) is 2. The highest BCUT2D eigenvalue weighted by atomic mass is 32.2. The number of sulfonamides is 1. The van der Waals surface area contributed by atoms with Crippen molar-refractivity contribution in [1.29, 1.82) is 0 Å². The number of carbonyl (C=O) groups is 1. The van der Waals surface area contributed by atoms with Crippen LogP contribution in [0, 0.1) is 5.92 Å². The van der Waals surface area contributed by atoms with Crippen LogP contribution in [0.3, 0.4) is 0 Å². The Morgan fingerprint density at radius 3 is 2.64 bits per heavy atom. The van der Waals surface area contributed by atoms with Crippen LogP contribution in [0.25, 0.3) is 0 Å². The molecular formula is C18H20N2O4S. The van der Waals surface area contributed by atoms with Crippen molar-refractivity contribution in [2.45, 2.75) is 17.7 Å². The summed E-state index contributed by atoms with van der Waals surface area (Å²) in [6, 6.07) is 13.0. The molecule has 1 aliphatic rings. The molecule has 132 valence electrons. The lowest BCUT2D eigenvalue weighted by molar-refractivity contribution is 0.102. The van der Waals surface area contributed by atoms with Gasteiger partial charge in [-0.25, -0.2) is 13.1 Å². The second-order valence-electron chi connectivity index (χ2n) is 6.01. The number of carbonyl (C=O) groups excluding carboxylic acids is 1. The van der Waals surface area contributed by atoms with Crippen LogP contribution in [0.2, 0.25) is 0 Å². The van der Waals surface area contributed by atoms with Crippen LogP contribution in [0.1, 0.15) is 23.2 Å². The minimum absolute atomic E-state index is 0.0893. The maximum Gasteiger partial charge on any atom is 0.255 e. The zero-order valence-electron chi connectivity index (χ0n) is 13.9. The van der Waals surface area contributed by atoms with Gasteiger partial charge in [0.25, 0.3) is 5.91 Å². The molecule has 0 aliphatic heterocycles. The Labute approximate surface area is 147 Å². The number of ether oxygens (including phenoxy) is 1. The van der Waals surface area contributed by atoms with E-state index >= 15 is 0 Å². The van der Waals surface area contributed by atoms with E-state index in [1.807, 2.05) is 0 Å². The second kappa shape index (κ2) is 7.25. The smallest absolute Gasteiger partial charge is 0.255 e. The number of amides is 1. The molecule has 1 amide bonds. The first-order valence-electron chi connectivity index (χ1n) is 8.03. The first-order chi connectivity index (χ1) is 12.0. The summed E-state index contributed by atoms with van der Waals surface area (Å²) in [5.74, 6) is 0.681. The third kappa shape index (κ3) is 4.58. The van der Waals surface area contributed by atoms with Gasteiger partial charge in [-0.3, -0.25) is 4.79 Å². The normalized spacial score (nSPS) is 14.1. The van der Waals surface area contributed by atoms with Crippen LogP contribution >= 0.6 is 0 Å². The van der Waals surface area contributed by atoms with E-state index in [0.717, 1.165) is 12.8 Å². The van der Waals surface area contributed by atoms with E-state index in [2.05, 4.69) is 10.0 Å². The molecule has 2 aromatic rings. The molecule has 3 rings (SSSR count). The summed E-state index contributed by atoms with van der Waals surface area (Å²) in [5, 5.41) is 2.74. The Balaban J connectivity index is 1.74. The van der Waals surface area contributed by atoms with Gasteiger partial charge in [-0.05, 0) is 49.1 Å². The number of hydrogen-bond acceptors (Lipinski definition) is 4. The zero-order valence-corrected chi connectivity index (χ0v) is 14.7. The Morgan fingerprint density at radius 2 is 1.92 bits per heavy atom. The Bertz CT molecular complexity index is 876. The molecule has 2 N–H and O–H groups in total. The minimum atomic E-state index is -3.60. The van der Waals surface area contributed by atoms with Crippen LogP contribution in [0.15, 0.2) is 53.4 Å². The maximum atomic E-state index is 12.4. The molecule has 2 aromatic carbocycles. The molecule has 0 bridgehead atoms. The number of rotatable bonds is 7. The molecule has 7 heteroatoms. The third-order valence-electron chi connectivity index (χ3n) is 3.99. The molecule has 0 aromatic heterocycles. The lowest BCUT2D eigenvalue weighted by Crippen LogP contribution is -2.26. The van der Waals surface area contributed by atoms with Crippen LogP contribution in [-0.2, 0) is 10.0 Å². The number of hydrogen-bond donors (Lipinski definition) is 2. The van der Waals surface area contributed by atoms with Crippen LogP contribution in [-0.4, -0.2) is 28.0 Å². The quantitative estimate of drug-likeness (QED) is 0.795. The van der Waals surface area contributed by atoms with Crippen molar-refractivity contribution >= 4 is 21.6 Å². The van der Waals surface area contributed by atoms with Gasteiger partial charge in [-0.2, -0.15) is 0 Å². The van der Waals surface area contributed by atoms with Crippen molar-refractivity contribution in [2.75, 3.05) is 19.0 Å². The van der Waals surface area contributed by atoms with Gasteiger partial charge < -0.3 is 10.1 Å². The largest absolute Gasteiger partial charge is 0.497 e. The van der Waals surface area contributed by atoms with Gasteiger partial charge in [-0.15, -0.1) is 0 Å². The van der Waals surface area contributed by atoms with Gasteiger partial charge >= 0.3 is 0 Å². The van der Waals surface area contributed by atoms with Gasteiger partial charge in [0, 0.05) is 23.9 Å². The Morgan fingerprint density at radius 1 is 1.16 bits per heavy atom. The molecular weight excluding hydrogens is 340 g/mol. The fourth-order valence-electron chi connectivity index (χ4n) is 2.34.